The molecule has 3 aromatic rings. The minimum Gasteiger partial charge on any atom is -0.378 e. The van der Waals surface area contributed by atoms with E-state index in [9.17, 15) is 0 Å². The van der Waals surface area contributed by atoms with Crippen molar-refractivity contribution < 1.29 is 4.74 Å². The monoisotopic (exact) mass is 379 g/mol. The van der Waals surface area contributed by atoms with Gasteiger partial charge in [0.2, 0.25) is 5.95 Å². The molecule has 0 amide bonds. The summed E-state index contributed by atoms with van der Waals surface area (Å²) in [5.74, 6) is 1.11. The number of hydrogen-bond acceptors (Lipinski definition) is 7. The zero-order chi connectivity index (χ0) is 19.5. The lowest BCUT2D eigenvalue weighted by Gasteiger charge is -2.18. The highest BCUT2D eigenvalue weighted by atomic mass is 16.5. The Kier molecular flexibility index (Phi) is 5.23. The summed E-state index contributed by atoms with van der Waals surface area (Å²) in [5.41, 5.74) is 8.97. The van der Waals surface area contributed by atoms with E-state index in [0.717, 1.165) is 36.8 Å². The standard InChI is InChI=1S/C20H25N7O/c1-14-15(11-27(25-14)16-6-4-3-5-7-16)10-23-17-12-26(13-18(17)28-2)19-8-9-22-20(21)24-19/h3-9,11,17-18,23H,10,12-13H2,1-2H3,(H2,21,22,24)/t17-,18+/m0/s1. The quantitative estimate of drug-likeness (QED) is 0.671. The number of nitrogen functional groups attached to an aromatic ring is 1. The third-order valence-electron chi connectivity index (χ3n) is 5.13. The predicted molar refractivity (Wildman–Crippen MR) is 108 cm³/mol. The highest BCUT2D eigenvalue weighted by Crippen LogP contribution is 2.21. The van der Waals surface area contributed by atoms with Gasteiger partial charge >= 0.3 is 0 Å². The first-order chi connectivity index (χ1) is 13.6. The number of aryl methyl sites for hydroxylation is 1. The number of nitrogens with zero attached hydrogens (tertiary/aromatic N) is 5. The summed E-state index contributed by atoms with van der Waals surface area (Å²) in [6.45, 7) is 4.31. The van der Waals surface area contributed by atoms with Crippen LogP contribution in [0.4, 0.5) is 11.8 Å². The van der Waals surface area contributed by atoms with Gasteiger partial charge in [-0.2, -0.15) is 10.1 Å². The Labute approximate surface area is 164 Å². The zero-order valence-electron chi connectivity index (χ0n) is 16.1. The van der Waals surface area contributed by atoms with E-state index in [4.69, 9.17) is 10.5 Å². The van der Waals surface area contributed by atoms with Crippen LogP contribution in [0.5, 0.6) is 0 Å². The normalized spacial score (nSPS) is 19.3. The van der Waals surface area contributed by atoms with Gasteiger partial charge in [0.25, 0.3) is 0 Å². The number of aromatic nitrogens is 4. The number of nitrogens with two attached hydrogens (primary N) is 1. The molecule has 0 bridgehead atoms. The number of benzene rings is 1. The van der Waals surface area contributed by atoms with Gasteiger partial charge in [0, 0.05) is 44.7 Å². The number of para-hydroxylation sites is 1. The molecule has 0 unspecified atom stereocenters. The summed E-state index contributed by atoms with van der Waals surface area (Å²) < 4.78 is 7.62. The molecule has 2 aromatic heterocycles. The Morgan fingerprint density at radius 3 is 2.79 bits per heavy atom. The number of nitrogens with one attached hydrogen (secondary N) is 1. The lowest BCUT2D eigenvalue weighted by atomic mass is 10.2. The van der Waals surface area contributed by atoms with E-state index in [1.54, 1.807) is 13.3 Å². The summed E-state index contributed by atoms with van der Waals surface area (Å²) in [5, 5.41) is 8.27. The van der Waals surface area contributed by atoms with Crippen molar-refractivity contribution in [3.63, 3.8) is 0 Å². The molecule has 146 valence electrons. The second-order valence-electron chi connectivity index (χ2n) is 6.96. The van der Waals surface area contributed by atoms with Crippen LogP contribution in [-0.4, -0.2) is 52.1 Å². The van der Waals surface area contributed by atoms with Gasteiger partial charge in [0.15, 0.2) is 0 Å². The minimum absolute atomic E-state index is 0.0701. The van der Waals surface area contributed by atoms with Crippen LogP contribution in [0.25, 0.3) is 5.69 Å². The Morgan fingerprint density at radius 2 is 2.04 bits per heavy atom. The fourth-order valence-electron chi connectivity index (χ4n) is 3.56. The molecule has 1 aromatic carbocycles. The van der Waals surface area contributed by atoms with Crippen LogP contribution >= 0.6 is 0 Å². The second-order valence-corrected chi connectivity index (χ2v) is 6.96. The average Bonchev–Trinajstić information content (AvgIpc) is 3.30. The van der Waals surface area contributed by atoms with Crippen LogP contribution < -0.4 is 16.0 Å². The summed E-state index contributed by atoms with van der Waals surface area (Å²) in [4.78, 5) is 10.5. The molecule has 0 saturated carbocycles. The topological polar surface area (TPSA) is 94.1 Å². The van der Waals surface area contributed by atoms with Crippen LogP contribution in [0.2, 0.25) is 0 Å². The first kappa shape index (κ1) is 18.4. The van der Waals surface area contributed by atoms with Crippen LogP contribution in [0.3, 0.4) is 0 Å². The largest absolute Gasteiger partial charge is 0.378 e. The highest BCUT2D eigenvalue weighted by molar-refractivity contribution is 5.43. The molecule has 28 heavy (non-hydrogen) atoms. The van der Waals surface area contributed by atoms with E-state index in [-0.39, 0.29) is 18.1 Å². The van der Waals surface area contributed by atoms with Crippen LogP contribution in [0, 0.1) is 6.92 Å². The summed E-state index contributed by atoms with van der Waals surface area (Å²) in [6.07, 6.45) is 3.83. The highest BCUT2D eigenvalue weighted by Gasteiger charge is 2.33. The van der Waals surface area contributed by atoms with Crippen molar-refractivity contribution in [3.05, 3.63) is 60.0 Å². The molecular formula is C20H25N7O. The number of rotatable bonds is 6. The van der Waals surface area contributed by atoms with Crippen molar-refractivity contribution in [2.75, 3.05) is 30.8 Å². The molecule has 1 aliphatic heterocycles. The SMILES string of the molecule is CO[C@@H]1CN(c2ccnc(N)n2)C[C@@H]1NCc1cn(-c2ccccc2)nc1C. The first-order valence-electron chi connectivity index (χ1n) is 9.34. The van der Waals surface area contributed by atoms with Crippen LogP contribution in [-0.2, 0) is 11.3 Å². The molecule has 1 fully saturated rings. The first-order valence-corrected chi connectivity index (χ1v) is 9.34. The van der Waals surface area contributed by atoms with Gasteiger partial charge in [-0.05, 0) is 25.1 Å². The lowest BCUT2D eigenvalue weighted by Crippen LogP contribution is -2.39. The van der Waals surface area contributed by atoms with Crippen LogP contribution in [0.1, 0.15) is 11.3 Å². The molecule has 3 N–H and O–H groups in total. The number of ether oxygens (including phenoxy) is 1. The maximum Gasteiger partial charge on any atom is 0.221 e. The average molecular weight is 379 g/mol. The van der Waals surface area contributed by atoms with Crippen molar-refractivity contribution in [3.8, 4) is 5.69 Å². The van der Waals surface area contributed by atoms with Crippen LogP contribution in [0.15, 0.2) is 48.8 Å². The van der Waals surface area contributed by atoms with Gasteiger partial charge in [-0.1, -0.05) is 18.2 Å². The van der Waals surface area contributed by atoms with E-state index >= 15 is 0 Å². The third kappa shape index (κ3) is 3.83. The molecule has 2 atom stereocenters. The van der Waals surface area contributed by atoms with Crippen molar-refractivity contribution in [1.82, 2.24) is 25.1 Å². The molecule has 1 saturated heterocycles. The summed E-state index contributed by atoms with van der Waals surface area (Å²) >= 11 is 0. The van der Waals surface area contributed by atoms with Crippen molar-refractivity contribution in [2.45, 2.75) is 25.6 Å². The maximum absolute atomic E-state index is 5.72. The van der Waals surface area contributed by atoms with Crippen molar-refractivity contribution >= 4 is 11.8 Å². The zero-order valence-corrected chi connectivity index (χ0v) is 16.1. The predicted octanol–water partition coefficient (Wildman–Crippen LogP) is 1.55. The minimum atomic E-state index is 0.0701. The number of anilines is 2. The Morgan fingerprint density at radius 1 is 1.21 bits per heavy atom. The van der Waals surface area contributed by atoms with E-state index in [2.05, 4.69) is 31.5 Å². The number of methoxy groups -OCH3 is 1. The van der Waals surface area contributed by atoms with Crippen molar-refractivity contribution in [1.29, 1.82) is 0 Å². The number of hydrogen-bond donors (Lipinski definition) is 2. The van der Waals surface area contributed by atoms with Gasteiger partial charge in [0.05, 0.1) is 23.5 Å². The van der Waals surface area contributed by atoms with Gasteiger partial charge in [0.1, 0.15) is 5.82 Å². The molecule has 0 radical (unpaired) electrons. The molecule has 8 heteroatoms. The summed E-state index contributed by atoms with van der Waals surface area (Å²) in [7, 11) is 1.75. The van der Waals surface area contributed by atoms with E-state index in [1.807, 2.05) is 48.0 Å². The second kappa shape index (κ2) is 7.95. The molecule has 0 spiro atoms. The lowest BCUT2D eigenvalue weighted by molar-refractivity contribution is 0.0966. The summed E-state index contributed by atoms with van der Waals surface area (Å²) in [6, 6.07) is 12.2. The molecule has 1 aliphatic rings. The van der Waals surface area contributed by atoms with E-state index in [0.29, 0.717) is 0 Å². The fraction of sp³-hybridized carbons (Fsp3) is 0.350. The molecule has 8 nitrogen and oxygen atoms in total. The van der Waals surface area contributed by atoms with E-state index < -0.39 is 0 Å². The third-order valence-corrected chi connectivity index (χ3v) is 5.13. The van der Waals surface area contributed by atoms with E-state index in [1.165, 1.54) is 5.56 Å². The van der Waals surface area contributed by atoms with Gasteiger partial charge < -0.3 is 20.7 Å². The van der Waals surface area contributed by atoms with Gasteiger partial charge in [-0.25, -0.2) is 9.67 Å². The maximum atomic E-state index is 5.72. The Hall–Kier alpha value is -2.97. The smallest absolute Gasteiger partial charge is 0.221 e. The molecule has 0 aliphatic carbocycles. The Bertz CT molecular complexity index is 927. The van der Waals surface area contributed by atoms with Gasteiger partial charge in [-0.15, -0.1) is 0 Å². The Balaban J connectivity index is 1.43. The molecule has 4 rings (SSSR count). The molecule has 3 heterocycles. The van der Waals surface area contributed by atoms with Gasteiger partial charge in [-0.3, -0.25) is 0 Å². The molecular weight excluding hydrogens is 354 g/mol. The van der Waals surface area contributed by atoms with Crippen molar-refractivity contribution in [2.24, 2.45) is 0 Å². The fourth-order valence-corrected chi connectivity index (χ4v) is 3.56.